The first kappa shape index (κ1) is 10.0. The molecule has 0 fully saturated rings. The molecule has 0 aliphatic rings. The van der Waals surface area contributed by atoms with Crippen LogP contribution in [0.2, 0.25) is 0 Å². The molecule has 0 amide bonds. The normalized spacial score (nSPS) is 10.7. The van der Waals surface area contributed by atoms with Gasteiger partial charge < -0.3 is 10.3 Å². The number of hydrogen-bond donors (Lipinski definition) is 1. The average Bonchev–Trinajstić information content (AvgIpc) is 2.77. The van der Waals surface area contributed by atoms with E-state index in [1.165, 1.54) is 0 Å². The van der Waals surface area contributed by atoms with Crippen LogP contribution in [0.25, 0.3) is 0 Å². The second kappa shape index (κ2) is 4.35. The average molecular weight is 224 g/mol. The van der Waals surface area contributed by atoms with E-state index in [1.54, 1.807) is 24.3 Å². The van der Waals surface area contributed by atoms with E-state index in [-0.39, 0.29) is 0 Å². The maximum Gasteiger partial charge on any atom is 0.190 e. The predicted octanol–water partition coefficient (Wildman–Crippen LogP) is 0.386. The molecule has 0 saturated carbocycles. The van der Waals surface area contributed by atoms with Gasteiger partial charge in [-0.2, -0.15) is 5.10 Å². The monoisotopic (exact) mass is 224 g/mol. The Hall–Kier alpha value is -1.50. The van der Waals surface area contributed by atoms with Gasteiger partial charge in [0.15, 0.2) is 5.16 Å². The van der Waals surface area contributed by atoms with E-state index in [4.69, 9.17) is 5.73 Å². The molecule has 0 aliphatic carbocycles. The summed E-state index contributed by atoms with van der Waals surface area (Å²) in [6.45, 7) is 0.814. The zero-order valence-corrected chi connectivity index (χ0v) is 9.18. The van der Waals surface area contributed by atoms with Crippen LogP contribution in [0.15, 0.2) is 23.9 Å². The Morgan fingerprint density at radius 3 is 3.00 bits per heavy atom. The lowest BCUT2D eigenvalue weighted by Gasteiger charge is -2.00. The molecular weight excluding hydrogens is 212 g/mol. The number of thioether (sulfide) groups is 1. The van der Waals surface area contributed by atoms with E-state index in [1.807, 2.05) is 22.5 Å². The van der Waals surface area contributed by atoms with Crippen molar-refractivity contribution >= 4 is 17.4 Å². The Morgan fingerprint density at radius 2 is 2.40 bits per heavy atom. The SMILES string of the molecule is Cn1cnnc1SCCn1cc(N)cn1. The smallest absolute Gasteiger partial charge is 0.190 e. The molecule has 0 saturated heterocycles. The predicted molar refractivity (Wildman–Crippen MR) is 58.4 cm³/mol. The molecule has 0 bridgehead atoms. The fourth-order valence-electron chi connectivity index (χ4n) is 1.14. The standard InChI is InChI=1S/C8H12N6S/c1-13-6-10-12-8(13)15-3-2-14-5-7(9)4-11-14/h4-6H,2-3,9H2,1H3. The van der Waals surface area contributed by atoms with E-state index in [0.29, 0.717) is 5.69 Å². The van der Waals surface area contributed by atoms with Gasteiger partial charge in [-0.15, -0.1) is 10.2 Å². The van der Waals surface area contributed by atoms with Gasteiger partial charge in [0, 0.05) is 19.0 Å². The van der Waals surface area contributed by atoms with Crippen LogP contribution < -0.4 is 5.73 Å². The molecule has 80 valence electrons. The molecule has 0 aliphatic heterocycles. The van der Waals surface area contributed by atoms with Crippen molar-refractivity contribution in [2.45, 2.75) is 11.7 Å². The van der Waals surface area contributed by atoms with Crippen molar-refractivity contribution in [1.29, 1.82) is 0 Å². The fourth-order valence-corrected chi connectivity index (χ4v) is 1.95. The Balaban J connectivity index is 1.83. The number of rotatable bonds is 4. The fraction of sp³-hybridized carbons (Fsp3) is 0.375. The van der Waals surface area contributed by atoms with Crippen molar-refractivity contribution in [1.82, 2.24) is 24.5 Å². The minimum absolute atomic E-state index is 0.693. The lowest BCUT2D eigenvalue weighted by molar-refractivity contribution is 0.664. The molecule has 2 rings (SSSR count). The molecule has 6 nitrogen and oxygen atoms in total. The topological polar surface area (TPSA) is 74.5 Å². The minimum atomic E-state index is 0.693. The van der Waals surface area contributed by atoms with Crippen LogP contribution >= 0.6 is 11.8 Å². The van der Waals surface area contributed by atoms with E-state index in [2.05, 4.69) is 15.3 Å². The van der Waals surface area contributed by atoms with E-state index in [9.17, 15) is 0 Å². The highest BCUT2D eigenvalue weighted by Gasteiger charge is 2.01. The van der Waals surface area contributed by atoms with E-state index >= 15 is 0 Å². The number of aromatic nitrogens is 5. The second-order valence-corrected chi connectivity index (χ2v) is 4.17. The third kappa shape index (κ3) is 2.50. The van der Waals surface area contributed by atoms with Gasteiger partial charge in [0.2, 0.25) is 0 Å². The Morgan fingerprint density at radius 1 is 1.53 bits per heavy atom. The molecular formula is C8H12N6S. The lowest BCUT2D eigenvalue weighted by atomic mass is 10.6. The maximum atomic E-state index is 5.55. The van der Waals surface area contributed by atoms with E-state index in [0.717, 1.165) is 17.5 Å². The summed E-state index contributed by atoms with van der Waals surface area (Å²) in [6, 6.07) is 0. The zero-order valence-electron chi connectivity index (χ0n) is 8.37. The van der Waals surface area contributed by atoms with Gasteiger partial charge in [-0.3, -0.25) is 4.68 Å². The van der Waals surface area contributed by atoms with Gasteiger partial charge in [0.25, 0.3) is 0 Å². The number of anilines is 1. The number of nitrogens with zero attached hydrogens (tertiary/aromatic N) is 5. The summed E-state index contributed by atoms with van der Waals surface area (Å²) in [4.78, 5) is 0. The van der Waals surface area contributed by atoms with Crippen LogP contribution in [-0.4, -0.2) is 30.3 Å². The molecule has 0 radical (unpaired) electrons. The molecule has 2 aromatic heterocycles. The number of nitrogens with two attached hydrogens (primary N) is 1. The van der Waals surface area contributed by atoms with Gasteiger partial charge in [0.1, 0.15) is 6.33 Å². The van der Waals surface area contributed by atoms with Crippen molar-refractivity contribution < 1.29 is 0 Å². The molecule has 0 atom stereocenters. The van der Waals surface area contributed by atoms with Crippen molar-refractivity contribution in [3.8, 4) is 0 Å². The third-order valence-corrected chi connectivity index (χ3v) is 2.89. The Labute approximate surface area is 91.5 Å². The summed E-state index contributed by atoms with van der Waals surface area (Å²) in [6.07, 6.45) is 5.15. The molecule has 0 aromatic carbocycles. The summed E-state index contributed by atoms with van der Waals surface area (Å²) in [5, 5.41) is 12.8. The van der Waals surface area contributed by atoms with Crippen LogP contribution in [0.4, 0.5) is 5.69 Å². The molecule has 7 heteroatoms. The van der Waals surface area contributed by atoms with Gasteiger partial charge in [-0.1, -0.05) is 11.8 Å². The molecule has 0 spiro atoms. The van der Waals surface area contributed by atoms with Gasteiger partial charge in [0.05, 0.1) is 18.4 Å². The summed E-state index contributed by atoms with van der Waals surface area (Å²) in [5.41, 5.74) is 6.25. The third-order valence-electron chi connectivity index (χ3n) is 1.87. The van der Waals surface area contributed by atoms with Crippen LogP contribution in [0, 0.1) is 0 Å². The molecule has 2 heterocycles. The summed E-state index contributed by atoms with van der Waals surface area (Å²) < 4.78 is 3.71. The number of nitrogen functional groups attached to an aromatic ring is 1. The van der Waals surface area contributed by atoms with Crippen LogP contribution in [0.1, 0.15) is 0 Å². The van der Waals surface area contributed by atoms with Crippen molar-refractivity contribution in [2.24, 2.45) is 7.05 Å². The quantitative estimate of drug-likeness (QED) is 0.760. The summed E-state index contributed by atoms with van der Waals surface area (Å²) in [7, 11) is 1.92. The van der Waals surface area contributed by atoms with Gasteiger partial charge in [-0.25, -0.2) is 0 Å². The molecule has 2 aromatic rings. The highest BCUT2D eigenvalue weighted by atomic mass is 32.2. The first-order chi connectivity index (χ1) is 7.25. The molecule has 15 heavy (non-hydrogen) atoms. The van der Waals surface area contributed by atoms with Crippen molar-refractivity contribution in [3.05, 3.63) is 18.7 Å². The van der Waals surface area contributed by atoms with Crippen LogP contribution in [0.5, 0.6) is 0 Å². The first-order valence-corrected chi connectivity index (χ1v) is 5.49. The van der Waals surface area contributed by atoms with Crippen molar-refractivity contribution in [2.75, 3.05) is 11.5 Å². The van der Waals surface area contributed by atoms with Crippen LogP contribution in [0.3, 0.4) is 0 Å². The first-order valence-electron chi connectivity index (χ1n) is 4.50. The van der Waals surface area contributed by atoms with Crippen LogP contribution in [-0.2, 0) is 13.6 Å². The number of hydrogen-bond acceptors (Lipinski definition) is 5. The maximum absolute atomic E-state index is 5.55. The Kier molecular flexibility index (Phi) is 2.91. The highest BCUT2D eigenvalue weighted by Crippen LogP contribution is 2.13. The molecule has 0 unspecified atom stereocenters. The lowest BCUT2D eigenvalue weighted by Crippen LogP contribution is -2.01. The number of aryl methyl sites for hydroxylation is 2. The molecule has 2 N–H and O–H groups in total. The second-order valence-electron chi connectivity index (χ2n) is 3.11. The van der Waals surface area contributed by atoms with Gasteiger partial charge >= 0.3 is 0 Å². The highest BCUT2D eigenvalue weighted by molar-refractivity contribution is 7.99. The minimum Gasteiger partial charge on any atom is -0.396 e. The van der Waals surface area contributed by atoms with Crippen molar-refractivity contribution in [3.63, 3.8) is 0 Å². The largest absolute Gasteiger partial charge is 0.396 e. The summed E-state index contributed by atoms with van der Waals surface area (Å²) in [5.74, 6) is 0.896. The summed E-state index contributed by atoms with van der Waals surface area (Å²) >= 11 is 1.65. The zero-order chi connectivity index (χ0) is 10.7. The van der Waals surface area contributed by atoms with E-state index < -0.39 is 0 Å². The Bertz CT molecular complexity index is 434. The van der Waals surface area contributed by atoms with Gasteiger partial charge in [-0.05, 0) is 0 Å².